The van der Waals surface area contributed by atoms with Crippen molar-refractivity contribution in [1.82, 2.24) is 10.2 Å². The fourth-order valence-electron chi connectivity index (χ4n) is 2.35. The van der Waals surface area contributed by atoms with E-state index in [4.69, 9.17) is 0 Å². The van der Waals surface area contributed by atoms with Gasteiger partial charge in [-0.2, -0.15) is 5.26 Å². The molecule has 3 nitrogen and oxygen atoms in total. The van der Waals surface area contributed by atoms with Gasteiger partial charge in [0.05, 0.1) is 6.07 Å². The summed E-state index contributed by atoms with van der Waals surface area (Å²) in [5.74, 6) is 0. The molecule has 2 atom stereocenters. The van der Waals surface area contributed by atoms with Crippen molar-refractivity contribution >= 4 is 0 Å². The van der Waals surface area contributed by atoms with Crippen LogP contribution in [0.15, 0.2) is 0 Å². The predicted octanol–water partition coefficient (Wildman–Crippen LogP) is 1.75. The first-order valence-electron chi connectivity index (χ1n) is 5.96. The molecule has 0 aliphatic heterocycles. The third kappa shape index (κ3) is 3.19. The summed E-state index contributed by atoms with van der Waals surface area (Å²) >= 11 is 0. The molecule has 1 aliphatic carbocycles. The molecule has 15 heavy (non-hydrogen) atoms. The van der Waals surface area contributed by atoms with Crippen molar-refractivity contribution in [3.63, 3.8) is 0 Å². The molecule has 1 N–H and O–H groups in total. The average Bonchev–Trinajstić information content (AvgIpc) is 2.26. The Balaban J connectivity index is 2.60. The van der Waals surface area contributed by atoms with E-state index < -0.39 is 0 Å². The Bertz CT molecular complexity index is 232. The maximum atomic E-state index is 9.34. The van der Waals surface area contributed by atoms with Crippen molar-refractivity contribution in [3.05, 3.63) is 0 Å². The number of nitriles is 1. The molecule has 0 amide bonds. The standard InChI is InChI=1S/C12H23N3/c1-4-8-14-12(10-13)7-5-6-11(9-12)15(2)3/h11,14H,4-9H2,1-3H3. The van der Waals surface area contributed by atoms with Gasteiger partial charge in [-0.05, 0) is 52.7 Å². The lowest BCUT2D eigenvalue weighted by atomic mass is 9.79. The van der Waals surface area contributed by atoms with Crippen LogP contribution in [0.1, 0.15) is 39.0 Å². The molecular weight excluding hydrogens is 186 g/mol. The van der Waals surface area contributed by atoms with E-state index in [0.29, 0.717) is 6.04 Å². The third-order valence-corrected chi connectivity index (χ3v) is 3.38. The summed E-state index contributed by atoms with van der Waals surface area (Å²) in [6.45, 7) is 3.10. The van der Waals surface area contributed by atoms with E-state index >= 15 is 0 Å². The topological polar surface area (TPSA) is 39.1 Å². The lowest BCUT2D eigenvalue weighted by Crippen LogP contribution is -2.51. The normalized spacial score (nSPS) is 31.5. The van der Waals surface area contributed by atoms with Crippen LogP contribution in [0.5, 0.6) is 0 Å². The van der Waals surface area contributed by atoms with Crippen molar-refractivity contribution < 1.29 is 0 Å². The first kappa shape index (κ1) is 12.5. The van der Waals surface area contributed by atoms with Crippen molar-refractivity contribution in [2.75, 3.05) is 20.6 Å². The van der Waals surface area contributed by atoms with Crippen molar-refractivity contribution in [2.24, 2.45) is 0 Å². The van der Waals surface area contributed by atoms with Gasteiger partial charge >= 0.3 is 0 Å². The number of nitrogens with zero attached hydrogens (tertiary/aromatic N) is 2. The Morgan fingerprint density at radius 3 is 2.80 bits per heavy atom. The van der Waals surface area contributed by atoms with Crippen molar-refractivity contribution in [1.29, 1.82) is 5.26 Å². The van der Waals surface area contributed by atoms with Crippen LogP contribution in [0.3, 0.4) is 0 Å². The number of nitrogens with one attached hydrogen (secondary N) is 1. The van der Waals surface area contributed by atoms with Crippen LogP contribution in [-0.2, 0) is 0 Å². The first-order chi connectivity index (χ1) is 7.13. The number of hydrogen-bond acceptors (Lipinski definition) is 3. The smallest absolute Gasteiger partial charge is 0.108 e. The van der Waals surface area contributed by atoms with Crippen LogP contribution < -0.4 is 5.32 Å². The van der Waals surface area contributed by atoms with Gasteiger partial charge in [0.1, 0.15) is 5.54 Å². The van der Waals surface area contributed by atoms with Crippen molar-refractivity contribution in [2.45, 2.75) is 50.6 Å². The summed E-state index contributed by atoms with van der Waals surface area (Å²) in [5, 5.41) is 12.8. The third-order valence-electron chi connectivity index (χ3n) is 3.38. The summed E-state index contributed by atoms with van der Waals surface area (Å²) in [4.78, 5) is 2.25. The summed E-state index contributed by atoms with van der Waals surface area (Å²) in [6.07, 6.45) is 5.46. The highest BCUT2D eigenvalue weighted by molar-refractivity contribution is 5.10. The Labute approximate surface area is 93.5 Å². The van der Waals surface area contributed by atoms with E-state index in [-0.39, 0.29) is 5.54 Å². The highest BCUT2D eigenvalue weighted by atomic mass is 15.1. The largest absolute Gasteiger partial charge is 0.306 e. The molecule has 86 valence electrons. The van der Waals surface area contributed by atoms with Gasteiger partial charge in [0.25, 0.3) is 0 Å². The van der Waals surface area contributed by atoms with Gasteiger partial charge in [0.2, 0.25) is 0 Å². The highest BCUT2D eigenvalue weighted by Crippen LogP contribution is 2.29. The molecule has 0 aromatic heterocycles. The molecule has 0 bridgehead atoms. The van der Waals surface area contributed by atoms with Gasteiger partial charge in [0.15, 0.2) is 0 Å². The molecule has 1 rings (SSSR count). The molecule has 1 fully saturated rings. The minimum absolute atomic E-state index is 0.261. The Morgan fingerprint density at radius 2 is 2.27 bits per heavy atom. The second-order valence-corrected chi connectivity index (χ2v) is 4.83. The van der Waals surface area contributed by atoms with E-state index in [1.165, 1.54) is 6.42 Å². The number of rotatable bonds is 4. The molecular formula is C12H23N3. The molecule has 0 saturated heterocycles. The van der Waals surface area contributed by atoms with Gasteiger partial charge in [-0.25, -0.2) is 0 Å². The molecule has 0 spiro atoms. The maximum absolute atomic E-state index is 9.34. The minimum Gasteiger partial charge on any atom is -0.306 e. The van der Waals surface area contributed by atoms with E-state index in [9.17, 15) is 5.26 Å². The van der Waals surface area contributed by atoms with Crippen LogP contribution >= 0.6 is 0 Å². The van der Waals surface area contributed by atoms with Gasteiger partial charge in [-0.1, -0.05) is 6.92 Å². The van der Waals surface area contributed by atoms with Crippen LogP contribution in [0.4, 0.5) is 0 Å². The van der Waals surface area contributed by atoms with Crippen molar-refractivity contribution in [3.8, 4) is 6.07 Å². The summed E-state index contributed by atoms with van der Waals surface area (Å²) in [7, 11) is 4.22. The molecule has 2 unspecified atom stereocenters. The average molecular weight is 209 g/mol. The fraction of sp³-hybridized carbons (Fsp3) is 0.917. The first-order valence-corrected chi connectivity index (χ1v) is 5.96. The second-order valence-electron chi connectivity index (χ2n) is 4.83. The van der Waals surface area contributed by atoms with E-state index in [1.54, 1.807) is 0 Å². The van der Waals surface area contributed by atoms with Gasteiger partial charge in [-0.3, -0.25) is 5.32 Å². The summed E-state index contributed by atoms with van der Waals surface area (Å²) < 4.78 is 0. The van der Waals surface area contributed by atoms with Crippen LogP contribution in [0, 0.1) is 11.3 Å². The molecule has 0 radical (unpaired) electrons. The van der Waals surface area contributed by atoms with Gasteiger partial charge < -0.3 is 4.90 Å². The Hall–Kier alpha value is -0.590. The van der Waals surface area contributed by atoms with Crippen LogP contribution in [0.2, 0.25) is 0 Å². The zero-order valence-corrected chi connectivity index (χ0v) is 10.2. The Kier molecular flexibility index (Phi) is 4.56. The quantitative estimate of drug-likeness (QED) is 0.766. The number of hydrogen-bond donors (Lipinski definition) is 1. The highest BCUT2D eigenvalue weighted by Gasteiger charge is 2.36. The molecule has 1 aliphatic rings. The van der Waals surface area contributed by atoms with Crippen LogP contribution in [0.25, 0.3) is 0 Å². The molecule has 0 aromatic carbocycles. The molecule has 0 aromatic rings. The van der Waals surface area contributed by atoms with Gasteiger partial charge in [-0.15, -0.1) is 0 Å². The molecule has 1 saturated carbocycles. The predicted molar refractivity (Wildman–Crippen MR) is 62.6 cm³/mol. The lowest BCUT2D eigenvalue weighted by Gasteiger charge is -2.39. The summed E-state index contributed by atoms with van der Waals surface area (Å²) in [5.41, 5.74) is -0.261. The maximum Gasteiger partial charge on any atom is 0.108 e. The summed E-state index contributed by atoms with van der Waals surface area (Å²) in [6, 6.07) is 3.06. The molecule has 3 heteroatoms. The Morgan fingerprint density at radius 1 is 1.53 bits per heavy atom. The molecule has 0 heterocycles. The van der Waals surface area contributed by atoms with E-state index in [0.717, 1.165) is 32.2 Å². The zero-order valence-electron chi connectivity index (χ0n) is 10.2. The monoisotopic (exact) mass is 209 g/mol. The zero-order chi connectivity index (χ0) is 11.3. The van der Waals surface area contributed by atoms with E-state index in [1.807, 2.05) is 0 Å². The fourth-order valence-corrected chi connectivity index (χ4v) is 2.35. The minimum atomic E-state index is -0.261. The SMILES string of the molecule is CCCNC1(C#N)CCCC(N(C)C)C1. The van der Waals surface area contributed by atoms with Gasteiger partial charge in [0, 0.05) is 6.04 Å². The lowest BCUT2D eigenvalue weighted by molar-refractivity contribution is 0.168. The van der Waals surface area contributed by atoms with Crippen LogP contribution in [-0.4, -0.2) is 37.1 Å². The second kappa shape index (κ2) is 5.48. The van der Waals surface area contributed by atoms with E-state index in [2.05, 4.69) is 37.3 Å².